The Morgan fingerprint density at radius 3 is 2.82 bits per heavy atom. The Balaban J connectivity index is 2.29. The van der Waals surface area contributed by atoms with Gasteiger partial charge in [-0.3, -0.25) is 4.79 Å². The molecular weight excluding hydrogens is 252 g/mol. The lowest BCUT2D eigenvalue weighted by atomic mass is 10.2. The first-order valence-corrected chi connectivity index (χ1v) is 6.68. The van der Waals surface area contributed by atoms with Gasteiger partial charge in [0.1, 0.15) is 11.1 Å². The first-order chi connectivity index (χ1) is 8.13. The molecule has 0 saturated carbocycles. The van der Waals surface area contributed by atoms with E-state index >= 15 is 0 Å². The number of aryl methyl sites for hydroxylation is 1. The molecule has 0 saturated heterocycles. The average Bonchev–Trinajstić information content (AvgIpc) is 2.89. The predicted molar refractivity (Wildman–Crippen MR) is 70.8 cm³/mol. The summed E-state index contributed by atoms with van der Waals surface area (Å²) in [6, 6.07) is 5.73. The summed E-state index contributed by atoms with van der Waals surface area (Å²) in [5.41, 5.74) is 1.51. The van der Waals surface area contributed by atoms with Crippen LogP contribution >= 0.6 is 22.7 Å². The smallest absolute Gasteiger partial charge is 0.266 e. The van der Waals surface area contributed by atoms with Crippen molar-refractivity contribution in [3.8, 4) is 6.07 Å². The van der Waals surface area contributed by atoms with E-state index in [-0.39, 0.29) is 5.91 Å². The van der Waals surface area contributed by atoms with Gasteiger partial charge in [-0.2, -0.15) is 5.26 Å². The van der Waals surface area contributed by atoms with Crippen LogP contribution in [0.3, 0.4) is 0 Å². The SMILES string of the molecule is Cc1sc(NC(=O)c2cccs2)c(C#N)c1C. The van der Waals surface area contributed by atoms with Gasteiger partial charge in [-0.25, -0.2) is 0 Å². The molecule has 1 amide bonds. The van der Waals surface area contributed by atoms with E-state index < -0.39 is 0 Å². The number of thiophene rings is 2. The topological polar surface area (TPSA) is 52.9 Å². The van der Waals surface area contributed by atoms with Gasteiger partial charge in [-0.1, -0.05) is 6.07 Å². The molecule has 0 fully saturated rings. The maximum atomic E-state index is 11.9. The zero-order valence-electron chi connectivity index (χ0n) is 9.40. The molecule has 1 N–H and O–H groups in total. The molecular formula is C12H10N2OS2. The summed E-state index contributed by atoms with van der Waals surface area (Å²) in [6.45, 7) is 3.84. The minimum atomic E-state index is -0.155. The van der Waals surface area contributed by atoms with Crippen LogP contribution < -0.4 is 5.32 Å². The zero-order valence-corrected chi connectivity index (χ0v) is 11.0. The highest BCUT2D eigenvalue weighted by Gasteiger charge is 2.15. The Hall–Kier alpha value is -1.64. The van der Waals surface area contributed by atoms with E-state index in [1.807, 2.05) is 25.3 Å². The summed E-state index contributed by atoms with van der Waals surface area (Å²) < 4.78 is 0. The molecule has 5 heteroatoms. The average molecular weight is 262 g/mol. The highest BCUT2D eigenvalue weighted by molar-refractivity contribution is 7.17. The van der Waals surface area contributed by atoms with Gasteiger partial charge < -0.3 is 5.32 Å². The lowest BCUT2D eigenvalue weighted by molar-refractivity contribution is 0.103. The molecule has 2 aromatic rings. The number of hydrogen-bond acceptors (Lipinski definition) is 4. The van der Waals surface area contributed by atoms with E-state index in [0.717, 1.165) is 10.4 Å². The summed E-state index contributed by atoms with van der Waals surface area (Å²) in [7, 11) is 0. The summed E-state index contributed by atoms with van der Waals surface area (Å²) in [4.78, 5) is 13.6. The van der Waals surface area contributed by atoms with Crippen LogP contribution in [-0.4, -0.2) is 5.91 Å². The Bertz CT molecular complexity index is 591. The second-order valence-electron chi connectivity index (χ2n) is 3.53. The Kier molecular flexibility index (Phi) is 3.27. The molecule has 0 aliphatic rings. The van der Waals surface area contributed by atoms with Gasteiger partial charge in [-0.05, 0) is 30.9 Å². The zero-order chi connectivity index (χ0) is 12.4. The van der Waals surface area contributed by atoms with E-state index in [0.29, 0.717) is 15.4 Å². The number of rotatable bonds is 2. The number of amides is 1. The van der Waals surface area contributed by atoms with Crippen molar-refractivity contribution in [1.82, 2.24) is 0 Å². The Labute approximate surface area is 107 Å². The molecule has 0 spiro atoms. The van der Waals surface area contributed by atoms with E-state index in [9.17, 15) is 4.79 Å². The van der Waals surface area contributed by atoms with Gasteiger partial charge in [-0.15, -0.1) is 22.7 Å². The molecule has 3 nitrogen and oxygen atoms in total. The first-order valence-electron chi connectivity index (χ1n) is 4.98. The first kappa shape index (κ1) is 11.8. The molecule has 0 atom stereocenters. The monoisotopic (exact) mass is 262 g/mol. The van der Waals surface area contributed by atoms with Crippen molar-refractivity contribution < 1.29 is 4.79 Å². The van der Waals surface area contributed by atoms with Gasteiger partial charge in [0.25, 0.3) is 5.91 Å². The Morgan fingerprint density at radius 1 is 1.47 bits per heavy atom. The number of hydrogen-bond donors (Lipinski definition) is 1. The van der Waals surface area contributed by atoms with Crippen LogP contribution in [0.25, 0.3) is 0 Å². The summed E-state index contributed by atoms with van der Waals surface area (Å²) in [5.74, 6) is -0.155. The van der Waals surface area contributed by atoms with Crippen LogP contribution in [0.2, 0.25) is 0 Å². The minimum absolute atomic E-state index is 0.155. The molecule has 0 aliphatic carbocycles. The second-order valence-corrected chi connectivity index (χ2v) is 5.70. The van der Waals surface area contributed by atoms with Gasteiger partial charge in [0, 0.05) is 4.88 Å². The van der Waals surface area contributed by atoms with Gasteiger partial charge in [0.2, 0.25) is 0 Å². The maximum Gasteiger partial charge on any atom is 0.266 e. The third-order valence-electron chi connectivity index (χ3n) is 2.47. The van der Waals surface area contributed by atoms with Crippen LogP contribution in [0.4, 0.5) is 5.00 Å². The third kappa shape index (κ3) is 2.23. The highest BCUT2D eigenvalue weighted by atomic mass is 32.1. The molecule has 0 bridgehead atoms. The largest absolute Gasteiger partial charge is 0.312 e. The number of nitrogens with zero attached hydrogens (tertiary/aromatic N) is 1. The molecule has 0 radical (unpaired) electrons. The standard InChI is InChI=1S/C12H10N2OS2/c1-7-8(2)17-12(9(7)6-13)14-11(15)10-4-3-5-16-10/h3-5H,1-2H3,(H,14,15). The lowest BCUT2D eigenvalue weighted by Crippen LogP contribution is -2.09. The van der Waals surface area contributed by atoms with Gasteiger partial charge in [0.05, 0.1) is 10.4 Å². The summed E-state index contributed by atoms with van der Waals surface area (Å²) in [6.07, 6.45) is 0. The van der Waals surface area contributed by atoms with Crippen molar-refractivity contribution in [2.45, 2.75) is 13.8 Å². The molecule has 0 aromatic carbocycles. The fourth-order valence-electron chi connectivity index (χ4n) is 1.42. The van der Waals surface area contributed by atoms with E-state index in [1.165, 1.54) is 22.7 Å². The lowest BCUT2D eigenvalue weighted by Gasteiger charge is -2.00. The number of carbonyl (C=O) groups excluding carboxylic acids is 1. The fourth-order valence-corrected chi connectivity index (χ4v) is 3.05. The summed E-state index contributed by atoms with van der Waals surface area (Å²) >= 11 is 2.83. The van der Waals surface area contributed by atoms with Crippen molar-refractivity contribution >= 4 is 33.6 Å². The Morgan fingerprint density at radius 2 is 2.24 bits per heavy atom. The number of nitrogens with one attached hydrogen (secondary N) is 1. The molecule has 2 rings (SSSR count). The molecule has 17 heavy (non-hydrogen) atoms. The van der Waals surface area contributed by atoms with Gasteiger partial charge in [0.15, 0.2) is 0 Å². The van der Waals surface area contributed by atoms with Crippen LogP contribution in [-0.2, 0) is 0 Å². The van der Waals surface area contributed by atoms with E-state index in [4.69, 9.17) is 5.26 Å². The number of anilines is 1. The molecule has 86 valence electrons. The van der Waals surface area contributed by atoms with Crippen molar-refractivity contribution in [2.24, 2.45) is 0 Å². The van der Waals surface area contributed by atoms with Crippen molar-refractivity contribution in [1.29, 1.82) is 5.26 Å². The van der Waals surface area contributed by atoms with Crippen molar-refractivity contribution in [3.63, 3.8) is 0 Å². The van der Waals surface area contributed by atoms with Crippen molar-refractivity contribution in [2.75, 3.05) is 5.32 Å². The van der Waals surface area contributed by atoms with E-state index in [1.54, 1.807) is 6.07 Å². The second kappa shape index (κ2) is 4.70. The highest BCUT2D eigenvalue weighted by Crippen LogP contribution is 2.32. The summed E-state index contributed by atoms with van der Waals surface area (Å²) in [5, 5.41) is 14.3. The van der Waals surface area contributed by atoms with Gasteiger partial charge >= 0.3 is 0 Å². The quantitative estimate of drug-likeness (QED) is 0.899. The normalized spacial score (nSPS) is 9.94. The molecule has 0 unspecified atom stereocenters. The predicted octanol–water partition coefficient (Wildman–Crippen LogP) is 3.55. The van der Waals surface area contributed by atoms with Crippen molar-refractivity contribution in [3.05, 3.63) is 38.4 Å². The molecule has 2 heterocycles. The van der Waals surface area contributed by atoms with Crippen LogP contribution in [0.1, 0.15) is 25.7 Å². The molecule has 2 aromatic heterocycles. The maximum absolute atomic E-state index is 11.9. The van der Waals surface area contributed by atoms with Crippen LogP contribution in [0.15, 0.2) is 17.5 Å². The molecule has 0 aliphatic heterocycles. The number of nitriles is 1. The van der Waals surface area contributed by atoms with Crippen LogP contribution in [0.5, 0.6) is 0 Å². The minimum Gasteiger partial charge on any atom is -0.312 e. The van der Waals surface area contributed by atoms with Crippen LogP contribution in [0, 0.1) is 25.2 Å². The van der Waals surface area contributed by atoms with E-state index in [2.05, 4.69) is 11.4 Å². The third-order valence-corrected chi connectivity index (χ3v) is 4.46. The number of carbonyl (C=O) groups is 1. The fraction of sp³-hybridized carbons (Fsp3) is 0.167.